The molecule has 1 aliphatic rings. The van der Waals surface area contributed by atoms with Crippen molar-refractivity contribution in [2.45, 2.75) is 12.5 Å². The van der Waals surface area contributed by atoms with Crippen molar-refractivity contribution in [1.82, 2.24) is 0 Å². The summed E-state index contributed by atoms with van der Waals surface area (Å²) in [7, 11) is 1.57. The molecule has 0 fully saturated rings. The van der Waals surface area contributed by atoms with E-state index in [1.807, 2.05) is 36.4 Å². The van der Waals surface area contributed by atoms with Gasteiger partial charge in [-0.25, -0.2) is 0 Å². The predicted molar refractivity (Wildman–Crippen MR) is 85.9 cm³/mol. The Morgan fingerprint density at radius 1 is 1.22 bits per heavy atom. The molecular weight excluding hydrogens is 294 g/mol. The van der Waals surface area contributed by atoms with E-state index in [0.29, 0.717) is 29.0 Å². The first kappa shape index (κ1) is 13.7. The van der Waals surface area contributed by atoms with Gasteiger partial charge in [0.05, 0.1) is 30.0 Å². The molecule has 0 saturated heterocycles. The van der Waals surface area contributed by atoms with E-state index in [1.54, 1.807) is 19.4 Å². The second-order valence-corrected chi connectivity index (χ2v) is 5.38. The lowest BCUT2D eigenvalue weighted by Gasteiger charge is -2.11. The number of methoxy groups -OCH3 is 1. The summed E-state index contributed by atoms with van der Waals surface area (Å²) in [5.74, 6) is 0.616. The van der Waals surface area contributed by atoms with Crippen LogP contribution in [0, 0.1) is 0 Å². The fourth-order valence-corrected chi connectivity index (χ4v) is 2.93. The van der Waals surface area contributed by atoms with Crippen molar-refractivity contribution in [3.63, 3.8) is 0 Å². The quantitative estimate of drug-likeness (QED) is 0.794. The second-order valence-electron chi connectivity index (χ2n) is 5.38. The number of ether oxygens (including phenoxy) is 1. The van der Waals surface area contributed by atoms with Crippen LogP contribution in [0.4, 0.5) is 0 Å². The maximum absolute atomic E-state index is 10.4. The van der Waals surface area contributed by atoms with Gasteiger partial charge in [0.25, 0.3) is 0 Å². The van der Waals surface area contributed by atoms with E-state index in [1.165, 1.54) is 0 Å². The van der Waals surface area contributed by atoms with Gasteiger partial charge in [-0.15, -0.1) is 0 Å². The number of benzene rings is 2. The summed E-state index contributed by atoms with van der Waals surface area (Å²) >= 11 is 0. The monoisotopic (exact) mass is 309 g/mol. The first-order chi connectivity index (χ1) is 11.3. The fourth-order valence-electron chi connectivity index (χ4n) is 2.93. The van der Waals surface area contributed by atoms with Crippen LogP contribution in [0.1, 0.15) is 23.7 Å². The summed E-state index contributed by atoms with van der Waals surface area (Å²) in [4.78, 5) is 5.55. The van der Waals surface area contributed by atoms with Gasteiger partial charge >= 0.3 is 0 Å². The topological polar surface area (TPSA) is 64.2 Å². The van der Waals surface area contributed by atoms with Crippen LogP contribution in [0.25, 0.3) is 11.0 Å². The van der Waals surface area contributed by atoms with Gasteiger partial charge in [-0.05, 0) is 11.6 Å². The molecule has 5 nitrogen and oxygen atoms in total. The third kappa shape index (κ3) is 2.21. The average molecular weight is 309 g/mol. The van der Waals surface area contributed by atoms with E-state index in [9.17, 15) is 5.11 Å². The zero-order valence-corrected chi connectivity index (χ0v) is 12.5. The largest absolute Gasteiger partial charge is 0.507 e. The molecule has 2 heterocycles. The van der Waals surface area contributed by atoms with Gasteiger partial charge in [-0.1, -0.05) is 35.5 Å². The highest BCUT2D eigenvalue weighted by atomic mass is 16.6. The standard InChI is InChI=1S/C18H15NO4/c1-21-18-12-7-8-22-16(12)10-14(20)17(18)13-9-15(23-19-13)11-5-3-2-4-6-11/h2-8,10,15,20H,9H2,1H3. The summed E-state index contributed by atoms with van der Waals surface area (Å²) in [5.41, 5.74) is 2.84. The van der Waals surface area contributed by atoms with Crippen molar-refractivity contribution < 1.29 is 19.1 Å². The van der Waals surface area contributed by atoms with Crippen LogP contribution in [0.3, 0.4) is 0 Å². The number of furan rings is 1. The molecule has 1 aliphatic heterocycles. The van der Waals surface area contributed by atoms with Gasteiger partial charge in [0, 0.05) is 12.5 Å². The van der Waals surface area contributed by atoms with Gasteiger partial charge in [0.1, 0.15) is 17.1 Å². The van der Waals surface area contributed by atoms with E-state index in [-0.39, 0.29) is 11.9 Å². The van der Waals surface area contributed by atoms with Gasteiger partial charge in [-0.2, -0.15) is 0 Å². The maximum Gasteiger partial charge on any atom is 0.158 e. The number of phenols is 1. The Balaban J connectivity index is 1.74. The smallest absolute Gasteiger partial charge is 0.158 e. The highest BCUT2D eigenvalue weighted by molar-refractivity contribution is 6.10. The summed E-state index contributed by atoms with van der Waals surface area (Å²) in [6.45, 7) is 0. The van der Waals surface area contributed by atoms with Gasteiger partial charge in [-0.3, -0.25) is 0 Å². The molecule has 1 atom stereocenters. The molecule has 0 spiro atoms. The number of hydrogen-bond acceptors (Lipinski definition) is 5. The number of nitrogens with zero attached hydrogens (tertiary/aromatic N) is 1. The highest BCUT2D eigenvalue weighted by Gasteiger charge is 2.29. The average Bonchev–Trinajstić information content (AvgIpc) is 3.23. The van der Waals surface area contributed by atoms with Crippen LogP contribution in [0.5, 0.6) is 11.5 Å². The zero-order valence-electron chi connectivity index (χ0n) is 12.5. The van der Waals surface area contributed by atoms with E-state index in [4.69, 9.17) is 14.0 Å². The van der Waals surface area contributed by atoms with Gasteiger partial charge in [0.15, 0.2) is 6.10 Å². The van der Waals surface area contributed by atoms with E-state index in [0.717, 1.165) is 10.9 Å². The third-order valence-corrected chi connectivity index (χ3v) is 4.02. The number of aromatic hydroxyl groups is 1. The SMILES string of the molecule is COc1c(C2=NOC(c3ccccc3)C2)c(O)cc2occc12. The zero-order chi connectivity index (χ0) is 15.8. The van der Waals surface area contributed by atoms with Crippen LogP contribution in [-0.2, 0) is 4.84 Å². The highest BCUT2D eigenvalue weighted by Crippen LogP contribution is 2.41. The molecular formula is C18H15NO4. The molecule has 0 saturated carbocycles. The van der Waals surface area contributed by atoms with E-state index >= 15 is 0 Å². The molecule has 23 heavy (non-hydrogen) atoms. The molecule has 1 unspecified atom stereocenters. The van der Waals surface area contributed by atoms with Crippen LogP contribution < -0.4 is 4.74 Å². The number of rotatable bonds is 3. The Hall–Kier alpha value is -2.95. The lowest BCUT2D eigenvalue weighted by molar-refractivity contribution is 0.0857. The van der Waals surface area contributed by atoms with Crippen LogP contribution in [0.2, 0.25) is 0 Å². The molecule has 0 amide bonds. The van der Waals surface area contributed by atoms with Gasteiger partial charge < -0.3 is 19.1 Å². The number of phenolic OH excluding ortho intramolecular Hbond substituents is 1. The Labute approximate surface area is 132 Å². The van der Waals surface area contributed by atoms with E-state index < -0.39 is 0 Å². The minimum Gasteiger partial charge on any atom is -0.507 e. The van der Waals surface area contributed by atoms with Crippen LogP contribution in [-0.4, -0.2) is 17.9 Å². The number of fused-ring (bicyclic) bond motifs is 1. The molecule has 5 heteroatoms. The van der Waals surface area contributed by atoms with E-state index in [2.05, 4.69) is 5.16 Å². The molecule has 2 aromatic carbocycles. The van der Waals surface area contributed by atoms with Crippen molar-refractivity contribution in [2.24, 2.45) is 5.16 Å². The summed E-state index contributed by atoms with van der Waals surface area (Å²) in [5, 5.41) is 15.3. The number of hydrogen-bond donors (Lipinski definition) is 1. The fraction of sp³-hybridized carbons (Fsp3) is 0.167. The normalized spacial score (nSPS) is 17.1. The molecule has 116 valence electrons. The molecule has 1 aromatic heterocycles. The Morgan fingerprint density at radius 2 is 2.04 bits per heavy atom. The lowest BCUT2D eigenvalue weighted by Crippen LogP contribution is -2.04. The Bertz CT molecular complexity index is 883. The first-order valence-electron chi connectivity index (χ1n) is 7.33. The van der Waals surface area contributed by atoms with Crippen molar-refractivity contribution >= 4 is 16.7 Å². The molecule has 4 rings (SSSR count). The lowest BCUT2D eigenvalue weighted by atomic mass is 9.98. The minimum absolute atomic E-state index is 0.0698. The number of oxime groups is 1. The minimum atomic E-state index is -0.157. The van der Waals surface area contributed by atoms with Crippen molar-refractivity contribution in [2.75, 3.05) is 7.11 Å². The molecule has 0 aliphatic carbocycles. The van der Waals surface area contributed by atoms with Crippen molar-refractivity contribution in [1.29, 1.82) is 0 Å². The molecule has 0 radical (unpaired) electrons. The van der Waals surface area contributed by atoms with Crippen LogP contribution in [0.15, 0.2) is 58.3 Å². The third-order valence-electron chi connectivity index (χ3n) is 4.02. The summed E-state index contributed by atoms with van der Waals surface area (Å²) in [6, 6.07) is 13.3. The second kappa shape index (κ2) is 5.35. The summed E-state index contributed by atoms with van der Waals surface area (Å²) in [6.07, 6.45) is 1.98. The maximum atomic E-state index is 10.4. The van der Waals surface area contributed by atoms with Gasteiger partial charge in [0.2, 0.25) is 0 Å². The predicted octanol–water partition coefficient (Wildman–Crippen LogP) is 4.01. The summed E-state index contributed by atoms with van der Waals surface area (Å²) < 4.78 is 10.8. The van der Waals surface area contributed by atoms with Crippen molar-refractivity contribution in [3.05, 3.63) is 59.9 Å². The molecule has 3 aromatic rings. The van der Waals surface area contributed by atoms with Crippen molar-refractivity contribution in [3.8, 4) is 11.5 Å². The Kier molecular flexibility index (Phi) is 3.19. The van der Waals surface area contributed by atoms with Crippen LogP contribution >= 0.6 is 0 Å². The molecule has 1 N–H and O–H groups in total. The first-order valence-corrected chi connectivity index (χ1v) is 7.33. The molecule has 0 bridgehead atoms. The Morgan fingerprint density at radius 3 is 2.83 bits per heavy atom.